The Kier molecular flexibility index (Phi) is 5.88. The number of nitro benzene ring substituents is 1. The van der Waals surface area contributed by atoms with Crippen LogP contribution in [-0.4, -0.2) is 48.5 Å². The number of nitro groups is 1. The first-order valence-electron chi connectivity index (χ1n) is 8.39. The number of benzene rings is 2. The number of para-hydroxylation sites is 1. The fourth-order valence-corrected chi connectivity index (χ4v) is 3.14. The molecule has 1 fully saturated rings. The van der Waals surface area contributed by atoms with Crippen LogP contribution in [0.25, 0.3) is 0 Å². The number of anilines is 2. The van der Waals surface area contributed by atoms with E-state index in [1.54, 1.807) is 18.2 Å². The van der Waals surface area contributed by atoms with Gasteiger partial charge in [-0.1, -0.05) is 23.7 Å². The predicted octanol–water partition coefficient (Wildman–Crippen LogP) is 3.15. The lowest BCUT2D eigenvalue weighted by Crippen LogP contribution is -2.48. The number of rotatable bonds is 5. The second-order valence-electron chi connectivity index (χ2n) is 6.18. The van der Waals surface area contributed by atoms with Crippen molar-refractivity contribution in [3.05, 3.63) is 63.4 Å². The van der Waals surface area contributed by atoms with E-state index in [0.29, 0.717) is 31.9 Å². The number of hydrogen-bond donors (Lipinski definition) is 1. The number of non-ortho nitro benzene ring substituents is 1. The third-order valence-electron chi connectivity index (χ3n) is 4.37. The summed E-state index contributed by atoms with van der Waals surface area (Å²) in [5.74, 6) is -0.569. The minimum absolute atomic E-state index is 0.129. The summed E-state index contributed by atoms with van der Waals surface area (Å²) in [6.07, 6.45) is 0. The summed E-state index contributed by atoms with van der Waals surface area (Å²) < 4.78 is 13.9. The van der Waals surface area contributed by atoms with Crippen LogP contribution in [0.3, 0.4) is 0 Å². The number of carbonyl (C=O) groups is 1. The van der Waals surface area contributed by atoms with Crippen LogP contribution < -0.4 is 10.2 Å². The van der Waals surface area contributed by atoms with Gasteiger partial charge in [0, 0.05) is 38.3 Å². The molecule has 2 aromatic carbocycles. The van der Waals surface area contributed by atoms with Gasteiger partial charge in [0.25, 0.3) is 5.69 Å². The molecule has 0 bridgehead atoms. The Labute approximate surface area is 160 Å². The van der Waals surface area contributed by atoms with E-state index in [2.05, 4.69) is 5.32 Å². The van der Waals surface area contributed by atoms with Gasteiger partial charge in [0.2, 0.25) is 5.91 Å². The van der Waals surface area contributed by atoms with Crippen molar-refractivity contribution >= 4 is 34.6 Å². The van der Waals surface area contributed by atoms with Crippen molar-refractivity contribution in [2.75, 3.05) is 42.9 Å². The molecule has 1 heterocycles. The summed E-state index contributed by atoms with van der Waals surface area (Å²) in [5.41, 5.74) is 0.624. The van der Waals surface area contributed by atoms with E-state index in [-0.39, 0.29) is 34.7 Å². The second kappa shape index (κ2) is 8.32. The van der Waals surface area contributed by atoms with Crippen molar-refractivity contribution < 1.29 is 14.1 Å². The molecule has 142 valence electrons. The monoisotopic (exact) mass is 392 g/mol. The van der Waals surface area contributed by atoms with Crippen LogP contribution in [0.4, 0.5) is 21.5 Å². The standard InChI is InChI=1S/C18H18ClFN4O3/c19-14-6-5-13(24(26)27)11-16(14)21-18(25)12-22-7-9-23(10-8-22)17-4-2-1-3-15(17)20/h1-6,11H,7-10,12H2,(H,21,25). The van der Waals surface area contributed by atoms with Gasteiger partial charge in [-0.3, -0.25) is 19.8 Å². The maximum atomic E-state index is 13.9. The smallest absolute Gasteiger partial charge is 0.271 e. The molecule has 9 heteroatoms. The molecule has 0 radical (unpaired) electrons. The highest BCUT2D eigenvalue weighted by atomic mass is 35.5. The summed E-state index contributed by atoms with van der Waals surface area (Å²) in [7, 11) is 0. The van der Waals surface area contributed by atoms with Crippen LogP contribution in [0.2, 0.25) is 5.02 Å². The number of carbonyl (C=O) groups excluding carboxylic acids is 1. The Hall–Kier alpha value is -2.71. The summed E-state index contributed by atoms with van der Waals surface area (Å²) in [5, 5.41) is 13.7. The van der Waals surface area contributed by atoms with Gasteiger partial charge in [-0.05, 0) is 18.2 Å². The van der Waals surface area contributed by atoms with E-state index in [4.69, 9.17) is 11.6 Å². The number of hydrogen-bond acceptors (Lipinski definition) is 5. The highest BCUT2D eigenvalue weighted by Gasteiger charge is 2.21. The predicted molar refractivity (Wildman–Crippen MR) is 102 cm³/mol. The van der Waals surface area contributed by atoms with Crippen LogP contribution in [0.15, 0.2) is 42.5 Å². The average Bonchev–Trinajstić information content (AvgIpc) is 2.64. The SMILES string of the molecule is O=C(CN1CCN(c2ccccc2F)CC1)Nc1cc([N+](=O)[O-])ccc1Cl. The molecule has 27 heavy (non-hydrogen) atoms. The first-order chi connectivity index (χ1) is 12.9. The van der Waals surface area contributed by atoms with E-state index in [0.717, 1.165) is 0 Å². The number of nitrogens with zero attached hydrogens (tertiary/aromatic N) is 3. The maximum Gasteiger partial charge on any atom is 0.271 e. The molecule has 2 aromatic rings. The number of nitrogens with one attached hydrogen (secondary N) is 1. The summed E-state index contributed by atoms with van der Waals surface area (Å²) in [4.78, 5) is 26.5. The van der Waals surface area contributed by atoms with Crippen LogP contribution in [0.5, 0.6) is 0 Å². The fourth-order valence-electron chi connectivity index (χ4n) is 2.97. The maximum absolute atomic E-state index is 13.9. The molecule has 7 nitrogen and oxygen atoms in total. The zero-order valence-corrected chi connectivity index (χ0v) is 15.2. The van der Waals surface area contributed by atoms with Gasteiger partial charge < -0.3 is 10.2 Å². The molecule has 0 unspecified atom stereocenters. The van der Waals surface area contributed by atoms with Crippen LogP contribution in [-0.2, 0) is 4.79 Å². The Bertz CT molecular complexity index is 856. The number of halogens is 2. The lowest BCUT2D eigenvalue weighted by molar-refractivity contribution is -0.384. The van der Waals surface area contributed by atoms with Crippen LogP contribution in [0.1, 0.15) is 0 Å². The van der Waals surface area contributed by atoms with Crippen molar-refractivity contribution in [2.24, 2.45) is 0 Å². The molecule has 1 N–H and O–H groups in total. The Morgan fingerprint density at radius 2 is 1.89 bits per heavy atom. The first-order valence-corrected chi connectivity index (χ1v) is 8.77. The lowest BCUT2D eigenvalue weighted by Gasteiger charge is -2.35. The molecule has 0 aliphatic carbocycles. The molecule has 0 aromatic heterocycles. The third-order valence-corrected chi connectivity index (χ3v) is 4.70. The largest absolute Gasteiger partial charge is 0.367 e. The van der Waals surface area contributed by atoms with Crippen LogP contribution in [0, 0.1) is 15.9 Å². The number of piperazine rings is 1. The van der Waals surface area contributed by atoms with Gasteiger partial charge in [0.1, 0.15) is 5.82 Å². The molecule has 1 amide bonds. The highest BCUT2D eigenvalue weighted by Crippen LogP contribution is 2.26. The zero-order chi connectivity index (χ0) is 19.4. The minimum atomic E-state index is -0.548. The molecule has 1 saturated heterocycles. The zero-order valence-electron chi connectivity index (χ0n) is 14.4. The fraction of sp³-hybridized carbons (Fsp3) is 0.278. The first kappa shape index (κ1) is 19.1. The molecule has 0 saturated carbocycles. The van der Waals surface area contributed by atoms with Gasteiger partial charge in [0.15, 0.2) is 0 Å². The molecule has 3 rings (SSSR count). The van der Waals surface area contributed by atoms with Gasteiger partial charge in [-0.25, -0.2) is 4.39 Å². The highest BCUT2D eigenvalue weighted by molar-refractivity contribution is 6.33. The molecular weight excluding hydrogens is 375 g/mol. The molecule has 1 aliphatic heterocycles. The summed E-state index contributed by atoms with van der Waals surface area (Å²) in [6, 6.07) is 10.5. The summed E-state index contributed by atoms with van der Waals surface area (Å²) in [6.45, 7) is 2.54. The van der Waals surface area contributed by atoms with Crippen molar-refractivity contribution in [3.8, 4) is 0 Å². The van der Waals surface area contributed by atoms with Gasteiger partial charge in [-0.2, -0.15) is 0 Å². The van der Waals surface area contributed by atoms with Crippen molar-refractivity contribution in [2.45, 2.75) is 0 Å². The van der Waals surface area contributed by atoms with Crippen molar-refractivity contribution in [1.82, 2.24) is 4.90 Å². The van der Waals surface area contributed by atoms with E-state index in [1.807, 2.05) is 9.80 Å². The van der Waals surface area contributed by atoms with E-state index >= 15 is 0 Å². The molecule has 1 aliphatic rings. The Morgan fingerprint density at radius 1 is 1.19 bits per heavy atom. The van der Waals surface area contributed by atoms with Crippen LogP contribution >= 0.6 is 11.6 Å². The normalized spacial score (nSPS) is 14.8. The van der Waals surface area contributed by atoms with E-state index in [9.17, 15) is 19.3 Å². The van der Waals surface area contributed by atoms with Gasteiger partial charge in [-0.15, -0.1) is 0 Å². The average molecular weight is 393 g/mol. The number of amides is 1. The molecule has 0 atom stereocenters. The Morgan fingerprint density at radius 3 is 2.56 bits per heavy atom. The van der Waals surface area contributed by atoms with E-state index in [1.165, 1.54) is 24.3 Å². The molecular formula is C18H18ClFN4O3. The summed E-state index contributed by atoms with van der Waals surface area (Å²) >= 11 is 6.00. The third kappa shape index (κ3) is 4.72. The minimum Gasteiger partial charge on any atom is -0.367 e. The molecule has 0 spiro atoms. The van der Waals surface area contributed by atoms with Crippen molar-refractivity contribution in [3.63, 3.8) is 0 Å². The Balaban J connectivity index is 1.55. The quantitative estimate of drug-likeness (QED) is 0.624. The topological polar surface area (TPSA) is 78.7 Å². The van der Waals surface area contributed by atoms with Gasteiger partial charge in [0.05, 0.1) is 27.9 Å². The van der Waals surface area contributed by atoms with E-state index < -0.39 is 4.92 Å². The second-order valence-corrected chi connectivity index (χ2v) is 6.59. The lowest BCUT2D eigenvalue weighted by atomic mass is 10.2. The van der Waals surface area contributed by atoms with Gasteiger partial charge >= 0.3 is 0 Å². The van der Waals surface area contributed by atoms with Crippen molar-refractivity contribution in [1.29, 1.82) is 0 Å².